The summed E-state index contributed by atoms with van der Waals surface area (Å²) in [7, 11) is 0. The van der Waals surface area contributed by atoms with Crippen molar-refractivity contribution in [3.63, 3.8) is 0 Å². The van der Waals surface area contributed by atoms with E-state index in [0.29, 0.717) is 11.3 Å². The predicted octanol–water partition coefficient (Wildman–Crippen LogP) is 2.77. The Labute approximate surface area is 124 Å². The highest BCUT2D eigenvalue weighted by atomic mass is 16.5. The Bertz CT molecular complexity index is 614. The average Bonchev–Trinajstić information content (AvgIpc) is 2.47. The van der Waals surface area contributed by atoms with Crippen molar-refractivity contribution in [1.29, 1.82) is 0 Å². The molecule has 0 saturated heterocycles. The van der Waals surface area contributed by atoms with Crippen molar-refractivity contribution in [3.05, 3.63) is 54.3 Å². The van der Waals surface area contributed by atoms with Crippen LogP contribution in [0.15, 0.2) is 48.7 Å². The summed E-state index contributed by atoms with van der Waals surface area (Å²) in [5, 5.41) is 0. The summed E-state index contributed by atoms with van der Waals surface area (Å²) in [5.74, 6) is 0.154. The maximum Gasteiger partial charge on any atom is 0.261 e. The van der Waals surface area contributed by atoms with E-state index < -0.39 is 5.54 Å². The quantitative estimate of drug-likeness (QED) is 0.799. The van der Waals surface area contributed by atoms with E-state index >= 15 is 0 Å². The Morgan fingerprint density at radius 2 is 1.95 bits per heavy atom. The van der Waals surface area contributed by atoms with Crippen LogP contribution in [0.1, 0.15) is 26.3 Å². The summed E-state index contributed by atoms with van der Waals surface area (Å²) in [6.07, 6.45) is 1.24. The first-order valence-corrected chi connectivity index (χ1v) is 6.77. The zero-order valence-corrected chi connectivity index (χ0v) is 12.6. The molecule has 1 aliphatic heterocycles. The fourth-order valence-electron chi connectivity index (χ4n) is 2.31. The van der Waals surface area contributed by atoms with Gasteiger partial charge in [-0.25, -0.2) is 0 Å². The molecule has 1 aliphatic rings. The maximum atomic E-state index is 12.8. The van der Waals surface area contributed by atoms with Gasteiger partial charge in [-0.3, -0.25) is 14.5 Å². The van der Waals surface area contributed by atoms with Gasteiger partial charge in [-0.05, 0) is 32.4 Å². The lowest BCUT2D eigenvalue weighted by molar-refractivity contribution is -0.146. The molecule has 110 valence electrons. The first-order chi connectivity index (χ1) is 9.89. The lowest BCUT2D eigenvalue weighted by atomic mass is 9.93. The molecule has 0 aromatic heterocycles. The van der Waals surface area contributed by atoms with E-state index in [9.17, 15) is 9.59 Å². The van der Waals surface area contributed by atoms with Crippen LogP contribution in [0.2, 0.25) is 0 Å². The van der Waals surface area contributed by atoms with Gasteiger partial charge in [0.2, 0.25) is 0 Å². The molecular formula is C17H19NO3. The molecule has 4 nitrogen and oxygen atoms in total. The van der Waals surface area contributed by atoms with E-state index in [1.54, 1.807) is 20.8 Å². The van der Waals surface area contributed by atoms with Gasteiger partial charge in [0, 0.05) is 0 Å². The molecule has 2 rings (SSSR count). The molecule has 0 spiro atoms. The SMILES string of the molecule is C=CC(=O)C(C)(C)N1COC(C)=C(c2ccccc2)C1=O. The van der Waals surface area contributed by atoms with E-state index in [4.69, 9.17) is 4.74 Å². The minimum absolute atomic E-state index is 0.0631. The van der Waals surface area contributed by atoms with E-state index in [0.717, 1.165) is 5.56 Å². The van der Waals surface area contributed by atoms with Crippen LogP contribution in [0.5, 0.6) is 0 Å². The number of nitrogens with zero attached hydrogens (tertiary/aromatic N) is 1. The lowest BCUT2D eigenvalue weighted by Crippen LogP contribution is -2.55. The van der Waals surface area contributed by atoms with Crippen molar-refractivity contribution < 1.29 is 14.3 Å². The fraction of sp³-hybridized carbons (Fsp3) is 0.294. The van der Waals surface area contributed by atoms with Crippen LogP contribution in [0.3, 0.4) is 0 Å². The first-order valence-electron chi connectivity index (χ1n) is 6.77. The molecule has 0 aliphatic carbocycles. The molecule has 1 amide bonds. The highest BCUT2D eigenvalue weighted by molar-refractivity contribution is 6.21. The molecule has 0 bridgehead atoms. The van der Waals surface area contributed by atoms with Gasteiger partial charge in [0.25, 0.3) is 5.91 Å². The smallest absolute Gasteiger partial charge is 0.261 e. The van der Waals surface area contributed by atoms with Gasteiger partial charge >= 0.3 is 0 Å². The van der Waals surface area contributed by atoms with Gasteiger partial charge in [0.05, 0.1) is 5.57 Å². The van der Waals surface area contributed by atoms with Crippen molar-refractivity contribution in [2.45, 2.75) is 26.3 Å². The number of benzene rings is 1. The molecule has 4 heteroatoms. The minimum atomic E-state index is -0.987. The second kappa shape index (κ2) is 5.56. The Hall–Kier alpha value is -2.36. The predicted molar refractivity (Wildman–Crippen MR) is 81.1 cm³/mol. The normalized spacial score (nSPS) is 15.8. The molecule has 0 unspecified atom stereocenters. The van der Waals surface area contributed by atoms with Crippen molar-refractivity contribution in [1.82, 2.24) is 4.90 Å². The third-order valence-electron chi connectivity index (χ3n) is 3.75. The Morgan fingerprint density at radius 1 is 1.33 bits per heavy atom. The van der Waals surface area contributed by atoms with Crippen LogP contribution < -0.4 is 0 Å². The van der Waals surface area contributed by atoms with Crippen molar-refractivity contribution in [2.24, 2.45) is 0 Å². The zero-order chi connectivity index (χ0) is 15.6. The molecule has 0 atom stereocenters. The van der Waals surface area contributed by atoms with Crippen molar-refractivity contribution >= 4 is 17.3 Å². The number of rotatable bonds is 4. The van der Waals surface area contributed by atoms with Gasteiger partial charge in [-0.1, -0.05) is 36.9 Å². The highest BCUT2D eigenvalue weighted by Gasteiger charge is 2.40. The monoisotopic (exact) mass is 285 g/mol. The van der Waals surface area contributed by atoms with Crippen molar-refractivity contribution in [3.8, 4) is 0 Å². The number of carbonyl (C=O) groups excluding carboxylic acids is 2. The average molecular weight is 285 g/mol. The molecule has 1 aromatic carbocycles. The number of hydrogen-bond acceptors (Lipinski definition) is 3. The van der Waals surface area contributed by atoms with Crippen LogP contribution in [0.25, 0.3) is 5.57 Å². The van der Waals surface area contributed by atoms with Crippen LogP contribution in [0.4, 0.5) is 0 Å². The number of hydrogen-bond donors (Lipinski definition) is 0. The van der Waals surface area contributed by atoms with Crippen LogP contribution >= 0.6 is 0 Å². The Kier molecular flexibility index (Phi) is 3.98. The topological polar surface area (TPSA) is 46.6 Å². The van der Waals surface area contributed by atoms with E-state index in [1.807, 2.05) is 30.3 Å². The van der Waals surface area contributed by atoms with E-state index in [-0.39, 0.29) is 18.4 Å². The largest absolute Gasteiger partial charge is 0.477 e. The van der Waals surface area contributed by atoms with Gasteiger partial charge in [-0.2, -0.15) is 0 Å². The Balaban J connectivity index is 2.43. The van der Waals surface area contributed by atoms with Crippen LogP contribution in [0, 0.1) is 0 Å². The first kappa shape index (κ1) is 15.0. The number of carbonyl (C=O) groups is 2. The number of ether oxygens (including phenoxy) is 1. The molecule has 0 radical (unpaired) electrons. The second-order valence-corrected chi connectivity index (χ2v) is 5.43. The zero-order valence-electron chi connectivity index (χ0n) is 12.6. The van der Waals surface area contributed by atoms with Crippen LogP contribution in [-0.4, -0.2) is 28.9 Å². The summed E-state index contributed by atoms with van der Waals surface area (Å²) in [4.78, 5) is 26.3. The third kappa shape index (κ3) is 2.61. The molecule has 21 heavy (non-hydrogen) atoms. The molecule has 0 saturated carbocycles. The minimum Gasteiger partial charge on any atom is -0.477 e. The standard InChI is InChI=1S/C17H19NO3/c1-5-14(19)17(3,4)18-11-21-12(2)15(16(18)20)13-9-7-6-8-10-13/h5-10H,1,11H2,2-4H3. The van der Waals surface area contributed by atoms with E-state index in [1.165, 1.54) is 11.0 Å². The summed E-state index contributed by atoms with van der Waals surface area (Å²) >= 11 is 0. The molecule has 1 heterocycles. The third-order valence-corrected chi connectivity index (χ3v) is 3.75. The van der Waals surface area contributed by atoms with Gasteiger partial charge in [0.1, 0.15) is 11.3 Å². The van der Waals surface area contributed by atoms with Gasteiger partial charge < -0.3 is 4.74 Å². The summed E-state index contributed by atoms with van der Waals surface area (Å²) in [6.45, 7) is 8.72. The van der Waals surface area contributed by atoms with Crippen molar-refractivity contribution in [2.75, 3.05) is 6.73 Å². The summed E-state index contributed by atoms with van der Waals surface area (Å²) in [5.41, 5.74) is 0.290. The number of amides is 1. The molecule has 0 fully saturated rings. The summed E-state index contributed by atoms with van der Waals surface area (Å²) < 4.78 is 5.61. The molecular weight excluding hydrogens is 266 g/mol. The Morgan fingerprint density at radius 3 is 2.52 bits per heavy atom. The van der Waals surface area contributed by atoms with E-state index in [2.05, 4.69) is 6.58 Å². The maximum absolute atomic E-state index is 12.8. The second-order valence-electron chi connectivity index (χ2n) is 5.43. The molecule has 1 aromatic rings. The van der Waals surface area contributed by atoms with Crippen LogP contribution in [-0.2, 0) is 14.3 Å². The number of ketones is 1. The van der Waals surface area contributed by atoms with Gasteiger partial charge in [-0.15, -0.1) is 0 Å². The van der Waals surface area contributed by atoms with Gasteiger partial charge in [0.15, 0.2) is 12.5 Å². The summed E-state index contributed by atoms with van der Waals surface area (Å²) in [6, 6.07) is 9.32. The lowest BCUT2D eigenvalue weighted by Gasteiger charge is -2.39. The molecule has 0 N–H and O–H groups in total. The fourth-order valence-corrected chi connectivity index (χ4v) is 2.31. The highest BCUT2D eigenvalue weighted by Crippen LogP contribution is 2.30. The number of allylic oxidation sites excluding steroid dienone is 1.